The Hall–Kier alpha value is -2.93. The van der Waals surface area contributed by atoms with E-state index in [0.717, 1.165) is 16.9 Å². The Labute approximate surface area is 174 Å². The van der Waals surface area contributed by atoms with Gasteiger partial charge in [-0.25, -0.2) is 9.59 Å². The number of amides is 1. The maximum atomic E-state index is 12.6. The monoisotopic (exact) mass is 415 g/mol. The number of esters is 2. The molecule has 1 N–H and O–H groups in total. The Kier molecular flexibility index (Phi) is 7.73. The molecule has 1 aromatic heterocycles. The number of thiophene rings is 1. The number of hydrogen-bond donors (Lipinski definition) is 1. The number of anilines is 1. The zero-order valence-corrected chi connectivity index (χ0v) is 18.0. The second-order valence-electron chi connectivity index (χ2n) is 6.90. The average Bonchev–Trinajstić information content (AvgIpc) is 2.96. The topological polar surface area (TPSA) is 81.7 Å². The van der Waals surface area contributed by atoms with Crippen molar-refractivity contribution in [1.82, 2.24) is 0 Å². The lowest BCUT2D eigenvalue weighted by atomic mass is 10.1. The lowest BCUT2D eigenvalue weighted by Gasteiger charge is -2.10. The molecule has 0 unspecified atom stereocenters. The van der Waals surface area contributed by atoms with Crippen LogP contribution in [0.1, 0.15) is 58.9 Å². The van der Waals surface area contributed by atoms with Gasteiger partial charge in [-0.2, -0.15) is 0 Å². The van der Waals surface area contributed by atoms with Gasteiger partial charge in [0.1, 0.15) is 9.88 Å². The number of hydrogen-bond acceptors (Lipinski definition) is 6. The van der Waals surface area contributed by atoms with E-state index in [1.165, 1.54) is 6.08 Å². The molecular weight excluding hydrogens is 390 g/mol. The van der Waals surface area contributed by atoms with Crippen molar-refractivity contribution in [3.05, 3.63) is 58.0 Å². The first-order chi connectivity index (χ1) is 13.7. The van der Waals surface area contributed by atoms with Crippen molar-refractivity contribution in [3.63, 3.8) is 0 Å². The van der Waals surface area contributed by atoms with Crippen LogP contribution in [-0.2, 0) is 14.3 Å². The van der Waals surface area contributed by atoms with Crippen molar-refractivity contribution in [1.29, 1.82) is 0 Å². The van der Waals surface area contributed by atoms with E-state index >= 15 is 0 Å². The quantitative estimate of drug-likeness (QED) is 0.517. The molecule has 1 heterocycles. The smallest absolute Gasteiger partial charge is 0.348 e. The summed E-state index contributed by atoms with van der Waals surface area (Å²) in [5, 5.41) is 2.94. The molecule has 0 spiro atoms. The molecule has 0 saturated carbocycles. The maximum Gasteiger partial charge on any atom is 0.348 e. The van der Waals surface area contributed by atoms with Crippen LogP contribution in [0.5, 0.6) is 0 Å². The average molecular weight is 416 g/mol. The molecule has 0 aliphatic carbocycles. The molecule has 0 aliphatic heterocycles. The van der Waals surface area contributed by atoms with Crippen molar-refractivity contribution in [2.75, 3.05) is 5.32 Å². The number of benzene rings is 1. The van der Waals surface area contributed by atoms with Gasteiger partial charge in [-0.1, -0.05) is 30.3 Å². The SMILES string of the molecule is Cc1c(C(=O)OC(C)C)sc(NC(=O)C=Cc2ccccc2)c1C(=O)OC(C)C. The van der Waals surface area contributed by atoms with Gasteiger partial charge in [-0.05, 0) is 51.8 Å². The fourth-order valence-electron chi connectivity index (χ4n) is 2.47. The van der Waals surface area contributed by atoms with Gasteiger partial charge in [0.25, 0.3) is 0 Å². The predicted molar refractivity (Wildman–Crippen MR) is 114 cm³/mol. The molecule has 6 nitrogen and oxygen atoms in total. The molecule has 0 aliphatic rings. The molecule has 2 rings (SSSR count). The zero-order chi connectivity index (χ0) is 21.6. The molecule has 7 heteroatoms. The minimum Gasteiger partial charge on any atom is -0.459 e. The molecule has 154 valence electrons. The van der Waals surface area contributed by atoms with Crippen LogP contribution < -0.4 is 5.32 Å². The minimum atomic E-state index is -0.598. The van der Waals surface area contributed by atoms with E-state index in [9.17, 15) is 14.4 Å². The summed E-state index contributed by atoms with van der Waals surface area (Å²) >= 11 is 1.00. The third-order valence-electron chi connectivity index (χ3n) is 3.69. The van der Waals surface area contributed by atoms with Crippen LogP contribution in [0.2, 0.25) is 0 Å². The van der Waals surface area contributed by atoms with Crippen molar-refractivity contribution in [2.24, 2.45) is 0 Å². The Bertz CT molecular complexity index is 913. The highest BCUT2D eigenvalue weighted by molar-refractivity contribution is 7.18. The highest BCUT2D eigenvalue weighted by Crippen LogP contribution is 2.34. The summed E-state index contributed by atoms with van der Waals surface area (Å²) in [7, 11) is 0. The van der Waals surface area contributed by atoms with Crippen LogP contribution in [0.25, 0.3) is 6.08 Å². The molecule has 29 heavy (non-hydrogen) atoms. The van der Waals surface area contributed by atoms with Crippen LogP contribution in [0.15, 0.2) is 36.4 Å². The van der Waals surface area contributed by atoms with Crippen LogP contribution in [0.4, 0.5) is 5.00 Å². The van der Waals surface area contributed by atoms with E-state index in [2.05, 4.69) is 5.32 Å². The normalized spacial score (nSPS) is 11.1. The third-order valence-corrected chi connectivity index (χ3v) is 4.87. The molecule has 0 radical (unpaired) electrons. The number of carbonyl (C=O) groups is 3. The number of ether oxygens (including phenoxy) is 2. The second kappa shape index (κ2) is 10.0. The van der Waals surface area contributed by atoms with Crippen molar-refractivity contribution in [2.45, 2.75) is 46.8 Å². The molecule has 0 fully saturated rings. The molecule has 1 amide bonds. The summed E-state index contributed by atoms with van der Waals surface area (Å²) in [4.78, 5) is 37.6. The van der Waals surface area contributed by atoms with Crippen molar-refractivity contribution >= 4 is 40.3 Å². The summed E-state index contributed by atoms with van der Waals surface area (Å²) in [5.74, 6) is -1.56. The molecular formula is C22H25NO5S. The fraction of sp³-hybridized carbons (Fsp3) is 0.318. The van der Waals surface area contributed by atoms with Gasteiger partial charge in [0, 0.05) is 6.08 Å². The Morgan fingerprint density at radius 2 is 1.55 bits per heavy atom. The Balaban J connectivity index is 2.32. The predicted octanol–water partition coefficient (Wildman–Crippen LogP) is 4.84. The van der Waals surface area contributed by atoms with E-state index in [1.807, 2.05) is 30.3 Å². The summed E-state index contributed by atoms with van der Waals surface area (Å²) in [6.45, 7) is 8.58. The summed E-state index contributed by atoms with van der Waals surface area (Å²) in [5.41, 5.74) is 1.46. The van der Waals surface area contributed by atoms with Crippen molar-refractivity contribution < 1.29 is 23.9 Å². The third kappa shape index (κ3) is 6.29. The van der Waals surface area contributed by atoms with Gasteiger partial charge in [0.05, 0.1) is 17.8 Å². The minimum absolute atomic E-state index is 0.167. The van der Waals surface area contributed by atoms with Gasteiger partial charge in [0.2, 0.25) is 5.91 Å². The van der Waals surface area contributed by atoms with E-state index in [1.54, 1.807) is 40.7 Å². The standard InChI is InChI=1S/C22H25NO5S/c1-13(2)27-21(25)18-15(5)19(22(26)28-14(3)4)29-20(18)23-17(24)12-11-16-9-7-6-8-10-16/h6-14H,1-5H3,(H,23,24). The maximum absolute atomic E-state index is 12.6. The van der Waals surface area contributed by atoms with Gasteiger partial charge in [-0.3, -0.25) is 4.79 Å². The van der Waals surface area contributed by atoms with E-state index in [-0.39, 0.29) is 27.6 Å². The van der Waals surface area contributed by atoms with Gasteiger partial charge >= 0.3 is 11.9 Å². The van der Waals surface area contributed by atoms with E-state index < -0.39 is 17.8 Å². The largest absolute Gasteiger partial charge is 0.459 e. The van der Waals surface area contributed by atoms with Crippen LogP contribution in [0.3, 0.4) is 0 Å². The highest BCUT2D eigenvalue weighted by Gasteiger charge is 2.28. The van der Waals surface area contributed by atoms with Gasteiger partial charge in [-0.15, -0.1) is 11.3 Å². The molecule has 0 bridgehead atoms. The first kappa shape index (κ1) is 22.4. The van der Waals surface area contributed by atoms with Gasteiger partial charge in [0.15, 0.2) is 0 Å². The molecule has 0 atom stereocenters. The summed E-state index contributed by atoms with van der Waals surface area (Å²) in [6, 6.07) is 9.35. The summed E-state index contributed by atoms with van der Waals surface area (Å²) in [6.07, 6.45) is 2.39. The Morgan fingerprint density at radius 1 is 0.966 bits per heavy atom. The fourth-order valence-corrected chi connectivity index (χ4v) is 3.55. The number of rotatable bonds is 7. The second-order valence-corrected chi connectivity index (χ2v) is 7.92. The summed E-state index contributed by atoms with van der Waals surface area (Å²) < 4.78 is 10.5. The number of nitrogens with one attached hydrogen (secondary N) is 1. The van der Waals surface area contributed by atoms with Crippen LogP contribution in [-0.4, -0.2) is 30.1 Å². The number of carbonyl (C=O) groups excluding carboxylic acids is 3. The molecule has 0 saturated heterocycles. The highest BCUT2D eigenvalue weighted by atomic mass is 32.1. The first-order valence-electron chi connectivity index (χ1n) is 9.28. The Morgan fingerprint density at radius 3 is 2.14 bits per heavy atom. The van der Waals surface area contributed by atoms with E-state index in [4.69, 9.17) is 9.47 Å². The lowest BCUT2D eigenvalue weighted by molar-refractivity contribution is -0.111. The van der Waals surface area contributed by atoms with E-state index in [0.29, 0.717) is 5.56 Å². The van der Waals surface area contributed by atoms with Gasteiger partial charge < -0.3 is 14.8 Å². The zero-order valence-electron chi connectivity index (χ0n) is 17.1. The van der Waals surface area contributed by atoms with Crippen LogP contribution in [0, 0.1) is 6.92 Å². The lowest BCUT2D eigenvalue weighted by Crippen LogP contribution is -2.16. The van der Waals surface area contributed by atoms with Crippen molar-refractivity contribution in [3.8, 4) is 0 Å². The van der Waals surface area contributed by atoms with Crippen LogP contribution >= 0.6 is 11.3 Å². The first-order valence-corrected chi connectivity index (χ1v) is 10.1. The molecule has 2 aromatic rings. The molecule has 1 aromatic carbocycles.